The van der Waals surface area contributed by atoms with Gasteiger partial charge in [-0.3, -0.25) is 9.52 Å². The summed E-state index contributed by atoms with van der Waals surface area (Å²) in [6.45, 7) is 3.55. The van der Waals surface area contributed by atoms with Crippen LogP contribution in [0.15, 0.2) is 35.8 Å². The maximum Gasteiger partial charge on any atom is 0.234 e. The zero-order valence-corrected chi connectivity index (χ0v) is 21.0. The fourth-order valence-electron chi connectivity index (χ4n) is 4.08. The minimum atomic E-state index is -3.52. The highest BCUT2D eigenvalue weighted by atomic mass is 32.2. The number of unbranched alkanes of at least 4 members (excludes halogenated alkanes) is 1. The molecule has 186 valence electrons. The monoisotopic (exact) mass is 499 g/mol. The van der Waals surface area contributed by atoms with E-state index in [4.69, 9.17) is 0 Å². The number of allylic oxidation sites excluding steroid dienone is 2. The lowest BCUT2D eigenvalue weighted by Crippen LogP contribution is -2.31. The van der Waals surface area contributed by atoms with Crippen LogP contribution >= 0.6 is 11.3 Å². The van der Waals surface area contributed by atoms with Crippen molar-refractivity contribution in [1.29, 1.82) is 0 Å². The molecule has 4 N–H and O–H groups in total. The van der Waals surface area contributed by atoms with Crippen molar-refractivity contribution in [2.24, 2.45) is 11.8 Å². The van der Waals surface area contributed by atoms with E-state index in [1.54, 1.807) is 17.4 Å². The summed E-state index contributed by atoms with van der Waals surface area (Å²) >= 11 is 1.70. The number of aliphatic hydroxyl groups excluding tert-OH is 3. The molecule has 1 saturated carbocycles. The van der Waals surface area contributed by atoms with Crippen LogP contribution in [-0.2, 0) is 21.2 Å². The van der Waals surface area contributed by atoms with Gasteiger partial charge in [-0.05, 0) is 68.9 Å². The number of hydrogen-bond acceptors (Lipinski definition) is 7. The lowest BCUT2D eigenvalue weighted by molar-refractivity contribution is -0.119. The molecule has 33 heavy (non-hydrogen) atoms. The predicted octanol–water partition coefficient (Wildman–Crippen LogP) is 2.85. The first kappa shape index (κ1) is 27.7. The van der Waals surface area contributed by atoms with E-state index in [1.165, 1.54) is 17.4 Å². The molecule has 2 rings (SSSR count). The van der Waals surface area contributed by atoms with E-state index in [0.717, 1.165) is 6.42 Å². The minimum Gasteiger partial charge on any atom is -0.393 e. The van der Waals surface area contributed by atoms with Gasteiger partial charge in [0.25, 0.3) is 0 Å². The molecule has 1 fully saturated rings. The number of amides is 1. The molecule has 0 unspecified atom stereocenters. The number of carbonyl (C=O) groups excluding carboxylic acids is 1. The summed E-state index contributed by atoms with van der Waals surface area (Å²) in [6, 6.07) is 2.08. The van der Waals surface area contributed by atoms with Gasteiger partial charge in [0.15, 0.2) is 0 Å². The first-order chi connectivity index (χ1) is 15.6. The molecule has 0 saturated heterocycles. The number of aliphatic hydroxyl groups is 3. The van der Waals surface area contributed by atoms with Crippen LogP contribution in [0.3, 0.4) is 0 Å². The number of rotatable bonds is 13. The fourth-order valence-corrected chi connectivity index (χ4v) is 5.43. The molecule has 1 aromatic rings. The van der Waals surface area contributed by atoms with Crippen LogP contribution in [0.2, 0.25) is 0 Å². The van der Waals surface area contributed by atoms with Gasteiger partial charge in [-0.1, -0.05) is 24.3 Å². The van der Waals surface area contributed by atoms with Crippen LogP contribution in [0.4, 0.5) is 0 Å². The Morgan fingerprint density at radius 2 is 2.06 bits per heavy atom. The van der Waals surface area contributed by atoms with E-state index >= 15 is 0 Å². The Morgan fingerprint density at radius 3 is 2.73 bits per heavy atom. The predicted molar refractivity (Wildman–Crippen MR) is 131 cm³/mol. The molecule has 1 aliphatic rings. The summed E-state index contributed by atoms with van der Waals surface area (Å²) in [7, 11) is -3.52. The molecule has 0 radical (unpaired) electrons. The van der Waals surface area contributed by atoms with Crippen LogP contribution < -0.4 is 4.72 Å². The minimum absolute atomic E-state index is 0.127. The van der Waals surface area contributed by atoms with Crippen molar-refractivity contribution >= 4 is 27.3 Å². The lowest BCUT2D eigenvalue weighted by atomic mass is 9.89. The SMILES string of the molecule is CCS(=O)(=O)NC(=O)CCCC=CC[C@@H]1[C@@H](C=C[C@@H](O)CCc2ccsc2C)[C@H](O)C[C@@H]1O. The average Bonchev–Trinajstić information content (AvgIpc) is 3.28. The number of carbonyl (C=O) groups is 1. The molecule has 7 nitrogen and oxygen atoms in total. The second-order valence-electron chi connectivity index (χ2n) is 8.63. The van der Waals surface area contributed by atoms with Crippen molar-refractivity contribution < 1.29 is 28.5 Å². The molecule has 0 aliphatic heterocycles. The summed E-state index contributed by atoms with van der Waals surface area (Å²) in [5.74, 6) is -1.00. The molecule has 1 amide bonds. The van der Waals surface area contributed by atoms with Gasteiger partial charge in [0.2, 0.25) is 15.9 Å². The van der Waals surface area contributed by atoms with Crippen molar-refractivity contribution in [1.82, 2.24) is 4.72 Å². The Labute approximate surface area is 201 Å². The van der Waals surface area contributed by atoms with Gasteiger partial charge >= 0.3 is 0 Å². The number of thiophene rings is 1. The number of aryl methyl sites for hydroxylation is 2. The Balaban J connectivity index is 1.77. The molecule has 1 aromatic heterocycles. The quantitative estimate of drug-likeness (QED) is 0.244. The van der Waals surface area contributed by atoms with E-state index in [9.17, 15) is 28.5 Å². The first-order valence-corrected chi connectivity index (χ1v) is 14.1. The summed E-state index contributed by atoms with van der Waals surface area (Å²) in [4.78, 5) is 12.9. The van der Waals surface area contributed by atoms with Crippen LogP contribution in [0.1, 0.15) is 55.9 Å². The highest BCUT2D eigenvalue weighted by Gasteiger charge is 2.39. The van der Waals surface area contributed by atoms with E-state index < -0.39 is 34.2 Å². The van der Waals surface area contributed by atoms with Crippen molar-refractivity contribution in [3.8, 4) is 0 Å². The standard InChI is InChI=1S/C24H37NO6S2/c1-3-33(30,31)25-24(29)9-7-5-4-6-8-20-21(23(28)16-22(20)27)13-12-19(26)11-10-18-14-15-32-17(18)2/h4,6,12-15,19-23,26-28H,3,5,7-11,16H2,1-2H3,(H,25,29)/t19-,20+,21+,22-,23+/m0/s1. The fraction of sp³-hybridized carbons (Fsp3) is 0.625. The average molecular weight is 500 g/mol. The molecule has 5 atom stereocenters. The van der Waals surface area contributed by atoms with E-state index in [1.807, 2.05) is 28.3 Å². The molecule has 0 spiro atoms. The summed E-state index contributed by atoms with van der Waals surface area (Å²) in [5.41, 5.74) is 1.25. The number of sulfonamides is 1. The van der Waals surface area contributed by atoms with E-state index in [2.05, 4.69) is 13.0 Å². The van der Waals surface area contributed by atoms with Gasteiger partial charge in [0, 0.05) is 23.6 Å². The summed E-state index contributed by atoms with van der Waals surface area (Å²) < 4.78 is 24.8. The Kier molecular flexibility index (Phi) is 11.2. The largest absolute Gasteiger partial charge is 0.393 e. The third-order valence-corrected chi connectivity index (χ3v) is 8.33. The number of nitrogens with one attached hydrogen (secondary N) is 1. The third-order valence-electron chi connectivity index (χ3n) is 6.15. The molecule has 0 bridgehead atoms. The van der Waals surface area contributed by atoms with Crippen molar-refractivity contribution in [2.75, 3.05) is 5.75 Å². The van der Waals surface area contributed by atoms with Gasteiger partial charge in [-0.15, -0.1) is 11.3 Å². The van der Waals surface area contributed by atoms with Crippen LogP contribution in [0.5, 0.6) is 0 Å². The second-order valence-corrected chi connectivity index (χ2v) is 11.8. The van der Waals surface area contributed by atoms with Crippen molar-refractivity contribution in [2.45, 2.75) is 77.1 Å². The molecule has 1 heterocycles. The molecule has 0 aromatic carbocycles. The Hall–Kier alpha value is -1.52. The zero-order chi connectivity index (χ0) is 24.4. The van der Waals surface area contributed by atoms with Gasteiger partial charge in [0.05, 0.1) is 24.1 Å². The van der Waals surface area contributed by atoms with Crippen LogP contribution in [0, 0.1) is 18.8 Å². The Morgan fingerprint density at radius 1 is 1.30 bits per heavy atom. The molecule has 9 heteroatoms. The first-order valence-electron chi connectivity index (χ1n) is 11.6. The highest BCUT2D eigenvalue weighted by Crippen LogP contribution is 2.36. The maximum absolute atomic E-state index is 11.6. The summed E-state index contributed by atoms with van der Waals surface area (Å²) in [5, 5.41) is 33.1. The van der Waals surface area contributed by atoms with E-state index in [0.29, 0.717) is 32.1 Å². The maximum atomic E-state index is 11.6. The van der Waals surface area contributed by atoms with Gasteiger partial charge in [-0.2, -0.15) is 0 Å². The van der Waals surface area contributed by atoms with Crippen LogP contribution in [0.25, 0.3) is 0 Å². The van der Waals surface area contributed by atoms with Gasteiger partial charge in [0.1, 0.15) is 0 Å². The van der Waals surface area contributed by atoms with Crippen LogP contribution in [-0.4, -0.2) is 53.7 Å². The zero-order valence-electron chi connectivity index (χ0n) is 19.4. The van der Waals surface area contributed by atoms with Gasteiger partial charge < -0.3 is 15.3 Å². The smallest absolute Gasteiger partial charge is 0.234 e. The molecular formula is C24H37NO6S2. The van der Waals surface area contributed by atoms with E-state index in [-0.39, 0.29) is 24.0 Å². The highest BCUT2D eigenvalue weighted by molar-refractivity contribution is 7.90. The second kappa shape index (κ2) is 13.4. The topological polar surface area (TPSA) is 124 Å². The third kappa shape index (κ3) is 9.33. The Bertz CT molecular complexity index is 908. The molecule has 1 aliphatic carbocycles. The normalized spacial score (nSPS) is 24.6. The van der Waals surface area contributed by atoms with Crippen molar-refractivity contribution in [3.05, 3.63) is 46.2 Å². The van der Waals surface area contributed by atoms with Crippen molar-refractivity contribution in [3.63, 3.8) is 0 Å². The van der Waals surface area contributed by atoms with Gasteiger partial charge in [-0.25, -0.2) is 8.42 Å². The lowest BCUT2D eigenvalue weighted by Gasteiger charge is -2.19. The summed E-state index contributed by atoms with van der Waals surface area (Å²) in [6.07, 6.45) is 9.11. The number of hydrogen-bond donors (Lipinski definition) is 4. The molecular weight excluding hydrogens is 462 g/mol.